The zero-order valence-corrected chi connectivity index (χ0v) is 9.02. The van der Waals surface area contributed by atoms with Crippen molar-refractivity contribution in [1.82, 2.24) is 9.71 Å². The molecule has 0 N–H and O–H groups in total. The lowest BCUT2D eigenvalue weighted by Gasteiger charge is -2.14. The van der Waals surface area contributed by atoms with Crippen molar-refractivity contribution in [2.75, 3.05) is 13.2 Å². The molecule has 3 rings (SSSR count). The van der Waals surface area contributed by atoms with Crippen molar-refractivity contribution in [2.24, 2.45) is 5.92 Å². The second kappa shape index (κ2) is 4.34. The molecule has 92 valence electrons. The molecular formula is C10H12N2O5. The second-order valence-electron chi connectivity index (χ2n) is 3.95. The maximum absolute atomic E-state index is 11.5. The SMILES string of the molecule is O=C(OC1COC2OCCC12)On1ccnc1. The number of rotatable bonds is 2. The van der Waals surface area contributed by atoms with Crippen LogP contribution in [0, 0.1) is 5.92 Å². The molecule has 2 fully saturated rings. The van der Waals surface area contributed by atoms with Crippen molar-refractivity contribution >= 4 is 6.16 Å². The number of fused-ring (bicyclic) bond motifs is 1. The molecule has 1 aromatic heterocycles. The molecule has 7 nitrogen and oxygen atoms in total. The van der Waals surface area contributed by atoms with Gasteiger partial charge in [0.25, 0.3) is 0 Å². The topological polar surface area (TPSA) is 71.8 Å². The summed E-state index contributed by atoms with van der Waals surface area (Å²) in [5, 5.41) is 0. The van der Waals surface area contributed by atoms with Crippen LogP contribution in [0.1, 0.15) is 6.42 Å². The van der Waals surface area contributed by atoms with Gasteiger partial charge in [-0.3, -0.25) is 0 Å². The molecule has 1 aromatic rings. The van der Waals surface area contributed by atoms with Crippen LogP contribution >= 0.6 is 0 Å². The van der Waals surface area contributed by atoms with E-state index in [1.165, 1.54) is 23.5 Å². The smallest absolute Gasteiger partial charge is 0.426 e. The van der Waals surface area contributed by atoms with Gasteiger partial charge in [0.1, 0.15) is 12.4 Å². The van der Waals surface area contributed by atoms with Gasteiger partial charge in [0, 0.05) is 6.20 Å². The zero-order chi connectivity index (χ0) is 11.7. The van der Waals surface area contributed by atoms with Gasteiger partial charge < -0.3 is 19.0 Å². The van der Waals surface area contributed by atoms with Crippen LogP contribution in [0.25, 0.3) is 0 Å². The molecule has 7 heteroatoms. The van der Waals surface area contributed by atoms with Gasteiger partial charge in [0.2, 0.25) is 0 Å². The fraction of sp³-hybridized carbons (Fsp3) is 0.600. The van der Waals surface area contributed by atoms with Crippen molar-refractivity contribution in [1.29, 1.82) is 0 Å². The first-order chi connectivity index (χ1) is 8.33. The fourth-order valence-electron chi connectivity index (χ4n) is 2.08. The summed E-state index contributed by atoms with van der Waals surface area (Å²) in [5.41, 5.74) is 0. The molecular weight excluding hydrogens is 228 g/mol. The molecule has 0 saturated carbocycles. The van der Waals surface area contributed by atoms with Crippen LogP contribution in [0.15, 0.2) is 18.7 Å². The van der Waals surface area contributed by atoms with Crippen LogP contribution in [0.2, 0.25) is 0 Å². The molecule has 0 aliphatic carbocycles. The molecule has 0 spiro atoms. The number of hydrogen-bond acceptors (Lipinski definition) is 6. The second-order valence-corrected chi connectivity index (χ2v) is 3.95. The number of carbonyl (C=O) groups excluding carboxylic acids is 1. The Morgan fingerprint density at radius 3 is 3.24 bits per heavy atom. The van der Waals surface area contributed by atoms with Crippen molar-refractivity contribution in [3.05, 3.63) is 18.7 Å². The average Bonchev–Trinajstić information content (AvgIpc) is 2.97. The number of hydrogen-bond donors (Lipinski definition) is 0. The highest BCUT2D eigenvalue weighted by Gasteiger charge is 2.44. The minimum atomic E-state index is -0.760. The van der Waals surface area contributed by atoms with Crippen molar-refractivity contribution < 1.29 is 23.8 Å². The lowest BCUT2D eigenvalue weighted by Crippen LogP contribution is -2.30. The predicted octanol–water partition coefficient (Wildman–Crippen LogP) is 0.210. The Morgan fingerprint density at radius 1 is 1.47 bits per heavy atom. The van der Waals surface area contributed by atoms with E-state index >= 15 is 0 Å². The molecule has 2 saturated heterocycles. The Kier molecular flexibility index (Phi) is 2.69. The van der Waals surface area contributed by atoms with Crippen LogP contribution in [0.4, 0.5) is 4.79 Å². The molecule has 3 heterocycles. The maximum atomic E-state index is 11.5. The summed E-state index contributed by atoms with van der Waals surface area (Å²) in [4.78, 5) is 20.1. The molecule has 3 atom stereocenters. The predicted molar refractivity (Wildman–Crippen MR) is 52.9 cm³/mol. The third-order valence-electron chi connectivity index (χ3n) is 2.89. The van der Waals surface area contributed by atoms with Crippen molar-refractivity contribution in [3.63, 3.8) is 0 Å². The summed E-state index contributed by atoms with van der Waals surface area (Å²) in [7, 11) is 0. The molecule has 2 aliphatic rings. The fourth-order valence-corrected chi connectivity index (χ4v) is 2.08. The first-order valence-electron chi connectivity index (χ1n) is 5.43. The summed E-state index contributed by atoms with van der Waals surface area (Å²) >= 11 is 0. The normalized spacial score (nSPS) is 31.2. The van der Waals surface area contributed by atoms with E-state index in [1.54, 1.807) is 0 Å². The minimum Gasteiger partial charge on any atom is -0.426 e. The van der Waals surface area contributed by atoms with Crippen LogP contribution in [-0.4, -0.2) is 41.5 Å². The summed E-state index contributed by atoms with van der Waals surface area (Å²) in [5.74, 6) is 0.116. The molecule has 0 radical (unpaired) electrons. The molecule has 0 aromatic carbocycles. The number of nitrogens with zero attached hydrogens (tertiary/aromatic N) is 2. The van der Waals surface area contributed by atoms with Gasteiger partial charge in [0.05, 0.1) is 25.3 Å². The van der Waals surface area contributed by atoms with Crippen molar-refractivity contribution in [2.45, 2.75) is 18.8 Å². The Hall–Kier alpha value is -1.60. The number of carbonyl (C=O) groups is 1. The molecule has 3 unspecified atom stereocenters. The molecule has 0 amide bonds. The number of aromatic nitrogens is 2. The van der Waals surface area contributed by atoms with E-state index in [1.807, 2.05) is 0 Å². The van der Waals surface area contributed by atoms with Crippen molar-refractivity contribution in [3.8, 4) is 0 Å². The third kappa shape index (κ3) is 2.11. The Labute approximate surface area is 97.2 Å². The first-order valence-corrected chi connectivity index (χ1v) is 5.43. The Bertz CT molecular complexity index is 393. The van der Waals surface area contributed by atoms with Gasteiger partial charge in [-0.15, -0.1) is 0 Å². The van der Waals surface area contributed by atoms with E-state index in [2.05, 4.69) is 4.98 Å². The van der Waals surface area contributed by atoms with E-state index in [9.17, 15) is 4.79 Å². The monoisotopic (exact) mass is 240 g/mol. The minimum absolute atomic E-state index is 0.116. The van der Waals surface area contributed by atoms with Gasteiger partial charge in [-0.25, -0.2) is 9.78 Å². The third-order valence-corrected chi connectivity index (χ3v) is 2.89. The van der Waals surface area contributed by atoms with Gasteiger partial charge in [-0.1, -0.05) is 0 Å². The van der Waals surface area contributed by atoms with E-state index in [0.29, 0.717) is 13.2 Å². The highest BCUT2D eigenvalue weighted by atomic mass is 16.8. The molecule has 0 bridgehead atoms. The number of imidazole rings is 1. The summed E-state index contributed by atoms with van der Waals surface area (Å²) < 4.78 is 17.0. The summed E-state index contributed by atoms with van der Waals surface area (Å²) in [6.45, 7) is 1.00. The highest BCUT2D eigenvalue weighted by Crippen LogP contribution is 2.32. The van der Waals surface area contributed by atoms with E-state index in [0.717, 1.165) is 6.42 Å². The molecule has 2 aliphatic heterocycles. The Balaban J connectivity index is 1.55. The molecule has 17 heavy (non-hydrogen) atoms. The highest BCUT2D eigenvalue weighted by molar-refractivity contribution is 5.60. The van der Waals surface area contributed by atoms with Gasteiger partial charge in [-0.2, -0.15) is 4.73 Å². The Morgan fingerprint density at radius 2 is 2.41 bits per heavy atom. The average molecular weight is 240 g/mol. The summed E-state index contributed by atoms with van der Waals surface area (Å²) in [6, 6.07) is 0. The van der Waals surface area contributed by atoms with E-state index in [4.69, 9.17) is 19.0 Å². The lowest BCUT2D eigenvalue weighted by atomic mass is 10.0. The maximum Gasteiger partial charge on any atom is 0.534 e. The quantitative estimate of drug-likeness (QED) is 0.688. The zero-order valence-electron chi connectivity index (χ0n) is 9.02. The van der Waals surface area contributed by atoms with E-state index in [-0.39, 0.29) is 18.3 Å². The standard InChI is InChI=1S/C10H12N2O5/c13-10(17-12-3-2-11-6-12)16-8-5-15-9-7(8)1-4-14-9/h2-3,6-9H,1,4-5H2. The largest absolute Gasteiger partial charge is 0.534 e. The first kappa shape index (κ1) is 10.5. The van der Waals surface area contributed by atoms with E-state index < -0.39 is 6.16 Å². The van der Waals surface area contributed by atoms with Gasteiger partial charge in [0.15, 0.2) is 6.29 Å². The lowest BCUT2D eigenvalue weighted by molar-refractivity contribution is -0.0908. The van der Waals surface area contributed by atoms with Gasteiger partial charge >= 0.3 is 6.16 Å². The van der Waals surface area contributed by atoms with Gasteiger partial charge in [-0.05, 0) is 6.42 Å². The summed E-state index contributed by atoms with van der Waals surface area (Å²) in [6.07, 6.45) is 3.94. The van der Waals surface area contributed by atoms with Crippen LogP contribution < -0.4 is 4.84 Å². The van der Waals surface area contributed by atoms with Crippen LogP contribution in [-0.2, 0) is 14.2 Å². The van der Waals surface area contributed by atoms with Crippen LogP contribution in [0.5, 0.6) is 0 Å². The number of ether oxygens (including phenoxy) is 3. The van der Waals surface area contributed by atoms with Crippen LogP contribution in [0.3, 0.4) is 0 Å².